The molecule has 0 aliphatic rings. The topological polar surface area (TPSA) is 52.5 Å². The summed E-state index contributed by atoms with van der Waals surface area (Å²) >= 11 is 0. The fourth-order valence-electron chi connectivity index (χ4n) is 2.91. The van der Waals surface area contributed by atoms with Crippen LogP contribution in [-0.4, -0.2) is 24.7 Å². The molecule has 1 N–H and O–H groups in total. The maximum atomic E-state index is 12.6. The number of hydrogen-bond acceptors (Lipinski definition) is 3. The number of aromatic nitrogens is 1. The van der Waals surface area contributed by atoms with Crippen LogP contribution >= 0.6 is 0 Å². The number of nitrogens with zero attached hydrogens (tertiary/aromatic N) is 1. The smallest absolute Gasteiger partial charge is 0.257 e. The molecule has 0 aliphatic heterocycles. The van der Waals surface area contributed by atoms with Gasteiger partial charge in [0.1, 0.15) is 0 Å². The third-order valence-electron chi connectivity index (χ3n) is 3.89. The SMILES string of the molecule is COc1ccc(NC(=O)c2cc(C)n(C(C)C)c2C)cc1OC. The predicted molar refractivity (Wildman–Crippen MR) is 91.8 cm³/mol. The second-order valence-electron chi connectivity index (χ2n) is 5.77. The van der Waals surface area contributed by atoms with E-state index in [1.165, 1.54) is 0 Å². The van der Waals surface area contributed by atoms with E-state index in [2.05, 4.69) is 23.7 Å². The van der Waals surface area contributed by atoms with Crippen molar-refractivity contribution in [2.24, 2.45) is 0 Å². The first-order valence-corrected chi connectivity index (χ1v) is 7.60. The highest BCUT2D eigenvalue weighted by Gasteiger charge is 2.17. The van der Waals surface area contributed by atoms with E-state index in [1.807, 2.05) is 19.9 Å². The van der Waals surface area contributed by atoms with Crippen molar-refractivity contribution in [3.63, 3.8) is 0 Å². The van der Waals surface area contributed by atoms with E-state index in [-0.39, 0.29) is 5.91 Å². The fraction of sp³-hybridized carbons (Fsp3) is 0.389. The summed E-state index contributed by atoms with van der Waals surface area (Å²) in [7, 11) is 3.15. The lowest BCUT2D eigenvalue weighted by atomic mass is 10.2. The Bertz CT molecular complexity index is 717. The Kier molecular flexibility index (Phi) is 4.98. The number of nitrogens with one attached hydrogen (secondary N) is 1. The highest BCUT2D eigenvalue weighted by atomic mass is 16.5. The highest BCUT2D eigenvalue weighted by molar-refractivity contribution is 6.05. The molecule has 0 aliphatic carbocycles. The number of amides is 1. The van der Waals surface area contributed by atoms with Crippen LogP contribution < -0.4 is 14.8 Å². The fourth-order valence-corrected chi connectivity index (χ4v) is 2.91. The molecule has 0 saturated heterocycles. The first-order valence-electron chi connectivity index (χ1n) is 7.60. The van der Waals surface area contributed by atoms with Gasteiger partial charge >= 0.3 is 0 Å². The summed E-state index contributed by atoms with van der Waals surface area (Å²) in [6, 6.07) is 7.55. The van der Waals surface area contributed by atoms with Crippen molar-refractivity contribution in [2.75, 3.05) is 19.5 Å². The number of ether oxygens (including phenoxy) is 2. The Morgan fingerprint density at radius 3 is 2.26 bits per heavy atom. The van der Waals surface area contributed by atoms with Gasteiger partial charge in [-0.25, -0.2) is 0 Å². The molecule has 1 aromatic carbocycles. The standard InChI is InChI=1S/C18H24N2O3/c1-11(2)20-12(3)9-15(13(20)4)18(21)19-14-7-8-16(22-5)17(10-14)23-6/h7-11H,1-6H3,(H,19,21). The van der Waals surface area contributed by atoms with E-state index in [1.54, 1.807) is 32.4 Å². The van der Waals surface area contributed by atoms with Crippen LogP contribution in [0.3, 0.4) is 0 Å². The number of methoxy groups -OCH3 is 2. The highest BCUT2D eigenvalue weighted by Crippen LogP contribution is 2.30. The third kappa shape index (κ3) is 3.33. The molecule has 0 saturated carbocycles. The van der Waals surface area contributed by atoms with E-state index in [0.29, 0.717) is 28.8 Å². The van der Waals surface area contributed by atoms with Crippen molar-refractivity contribution >= 4 is 11.6 Å². The number of rotatable bonds is 5. The zero-order valence-electron chi connectivity index (χ0n) is 14.6. The maximum Gasteiger partial charge on any atom is 0.257 e. The van der Waals surface area contributed by atoms with Crippen molar-refractivity contribution in [3.8, 4) is 11.5 Å². The lowest BCUT2D eigenvalue weighted by Crippen LogP contribution is -2.14. The van der Waals surface area contributed by atoms with Gasteiger partial charge in [0.15, 0.2) is 11.5 Å². The van der Waals surface area contributed by atoms with Crippen molar-refractivity contribution in [3.05, 3.63) is 41.2 Å². The summed E-state index contributed by atoms with van der Waals surface area (Å²) in [5.74, 6) is 1.08. The molecule has 1 heterocycles. The lowest BCUT2D eigenvalue weighted by molar-refractivity contribution is 0.102. The Morgan fingerprint density at radius 1 is 1.09 bits per heavy atom. The molecule has 0 bridgehead atoms. The monoisotopic (exact) mass is 316 g/mol. The third-order valence-corrected chi connectivity index (χ3v) is 3.89. The molecule has 1 amide bonds. The van der Waals surface area contributed by atoms with Crippen LogP contribution in [0.2, 0.25) is 0 Å². The quantitative estimate of drug-likeness (QED) is 0.908. The predicted octanol–water partition coefficient (Wildman–Crippen LogP) is 3.96. The number of hydrogen-bond donors (Lipinski definition) is 1. The van der Waals surface area contributed by atoms with Crippen molar-refractivity contribution in [2.45, 2.75) is 33.7 Å². The second-order valence-corrected chi connectivity index (χ2v) is 5.77. The summed E-state index contributed by atoms with van der Waals surface area (Å²) in [4.78, 5) is 12.6. The van der Waals surface area contributed by atoms with Gasteiger partial charge < -0.3 is 19.4 Å². The van der Waals surface area contributed by atoms with Gasteiger partial charge in [-0.05, 0) is 45.9 Å². The molecular weight excluding hydrogens is 292 g/mol. The van der Waals surface area contributed by atoms with Crippen LogP contribution in [0.4, 0.5) is 5.69 Å². The normalized spacial score (nSPS) is 10.7. The van der Waals surface area contributed by atoms with Gasteiger partial charge in [0.25, 0.3) is 5.91 Å². The summed E-state index contributed by atoms with van der Waals surface area (Å²) in [6.07, 6.45) is 0. The number of carbonyl (C=O) groups excluding carboxylic acids is 1. The minimum absolute atomic E-state index is 0.128. The van der Waals surface area contributed by atoms with Gasteiger partial charge in [0.2, 0.25) is 0 Å². The van der Waals surface area contributed by atoms with Crippen LogP contribution in [-0.2, 0) is 0 Å². The van der Waals surface area contributed by atoms with Crippen LogP contribution in [0.1, 0.15) is 41.6 Å². The Morgan fingerprint density at radius 2 is 1.74 bits per heavy atom. The minimum Gasteiger partial charge on any atom is -0.493 e. The summed E-state index contributed by atoms with van der Waals surface area (Å²) in [5, 5.41) is 2.92. The van der Waals surface area contributed by atoms with Crippen LogP contribution in [0.25, 0.3) is 0 Å². The molecule has 0 fully saturated rings. The van der Waals surface area contributed by atoms with Gasteiger partial charge in [0.05, 0.1) is 19.8 Å². The van der Waals surface area contributed by atoms with E-state index in [4.69, 9.17) is 9.47 Å². The molecule has 124 valence electrons. The summed E-state index contributed by atoms with van der Waals surface area (Å²) in [6.45, 7) is 8.20. The average molecular weight is 316 g/mol. The Labute approximate surface area is 137 Å². The van der Waals surface area contributed by atoms with E-state index < -0.39 is 0 Å². The molecule has 23 heavy (non-hydrogen) atoms. The van der Waals surface area contributed by atoms with E-state index in [9.17, 15) is 4.79 Å². The summed E-state index contributed by atoms with van der Waals surface area (Å²) in [5.41, 5.74) is 3.40. The van der Waals surface area contributed by atoms with Crippen LogP contribution in [0.5, 0.6) is 11.5 Å². The molecule has 0 atom stereocenters. The lowest BCUT2D eigenvalue weighted by Gasteiger charge is -2.14. The van der Waals surface area contributed by atoms with E-state index >= 15 is 0 Å². The molecule has 5 heteroatoms. The van der Waals surface area contributed by atoms with Gasteiger partial charge in [0, 0.05) is 29.2 Å². The summed E-state index contributed by atoms with van der Waals surface area (Å²) < 4.78 is 12.6. The van der Waals surface area contributed by atoms with Gasteiger partial charge in [-0.2, -0.15) is 0 Å². The minimum atomic E-state index is -0.128. The largest absolute Gasteiger partial charge is 0.493 e. The molecular formula is C18H24N2O3. The van der Waals surface area contributed by atoms with Gasteiger partial charge in [-0.3, -0.25) is 4.79 Å². The molecule has 5 nitrogen and oxygen atoms in total. The van der Waals surface area contributed by atoms with E-state index in [0.717, 1.165) is 11.4 Å². The van der Waals surface area contributed by atoms with Crippen molar-refractivity contribution in [1.29, 1.82) is 0 Å². The molecule has 2 rings (SSSR count). The zero-order chi connectivity index (χ0) is 17.1. The van der Waals surface area contributed by atoms with Crippen molar-refractivity contribution in [1.82, 2.24) is 4.57 Å². The van der Waals surface area contributed by atoms with Gasteiger partial charge in [-0.15, -0.1) is 0 Å². The maximum absolute atomic E-state index is 12.6. The molecule has 0 unspecified atom stereocenters. The number of benzene rings is 1. The first kappa shape index (κ1) is 16.9. The second kappa shape index (κ2) is 6.77. The van der Waals surface area contributed by atoms with Crippen LogP contribution in [0.15, 0.2) is 24.3 Å². The Hall–Kier alpha value is -2.43. The average Bonchev–Trinajstić information content (AvgIpc) is 2.82. The molecule has 0 radical (unpaired) electrons. The zero-order valence-corrected chi connectivity index (χ0v) is 14.6. The number of aryl methyl sites for hydroxylation is 1. The molecule has 0 spiro atoms. The number of anilines is 1. The van der Waals surface area contributed by atoms with Gasteiger partial charge in [-0.1, -0.05) is 0 Å². The molecule has 1 aromatic heterocycles. The molecule has 2 aromatic rings. The first-order chi connectivity index (χ1) is 10.9. The van der Waals surface area contributed by atoms with Crippen LogP contribution in [0, 0.1) is 13.8 Å². The van der Waals surface area contributed by atoms with Crippen molar-refractivity contribution < 1.29 is 14.3 Å². The Balaban J connectivity index is 2.28. The number of carbonyl (C=O) groups is 1.